The Kier molecular flexibility index (Phi) is 5.44. The van der Waals surface area contributed by atoms with Gasteiger partial charge < -0.3 is 10.9 Å². The summed E-state index contributed by atoms with van der Waals surface area (Å²) >= 11 is 1.73. The molecule has 0 aliphatic rings. The van der Waals surface area contributed by atoms with Crippen LogP contribution in [-0.2, 0) is 6.54 Å². The lowest BCUT2D eigenvalue weighted by Gasteiger charge is -2.33. The summed E-state index contributed by atoms with van der Waals surface area (Å²) in [6, 6.07) is 4.49. The summed E-state index contributed by atoms with van der Waals surface area (Å²) in [6.07, 6.45) is 0.833. The fourth-order valence-electron chi connectivity index (χ4n) is 1.92. The molecule has 1 heterocycles. The van der Waals surface area contributed by atoms with Gasteiger partial charge in [0.05, 0.1) is 6.04 Å². The van der Waals surface area contributed by atoms with E-state index >= 15 is 0 Å². The summed E-state index contributed by atoms with van der Waals surface area (Å²) in [4.78, 5) is 3.55. The molecule has 5 heteroatoms. The lowest BCUT2D eigenvalue weighted by Crippen LogP contribution is -2.47. The molecule has 1 unspecified atom stereocenters. The van der Waals surface area contributed by atoms with Gasteiger partial charge in [0.2, 0.25) is 0 Å². The van der Waals surface area contributed by atoms with Crippen LogP contribution in [0.25, 0.3) is 0 Å². The number of amidine groups is 1. The normalized spacial score (nSPS) is 14.5. The molecule has 1 aromatic rings. The Bertz CT molecular complexity index is 349. The van der Waals surface area contributed by atoms with Crippen LogP contribution >= 0.6 is 11.3 Å². The molecule has 1 rings (SSSR count). The summed E-state index contributed by atoms with van der Waals surface area (Å²) < 4.78 is 0. The molecule has 0 spiro atoms. The van der Waals surface area contributed by atoms with E-state index in [2.05, 4.69) is 35.3 Å². The Hall–Kier alpha value is -1.07. The second kappa shape index (κ2) is 6.61. The minimum absolute atomic E-state index is 0.0119. The van der Waals surface area contributed by atoms with Gasteiger partial charge in [0.1, 0.15) is 0 Å². The van der Waals surface area contributed by atoms with Gasteiger partial charge in [-0.3, -0.25) is 4.90 Å². The van der Waals surface area contributed by atoms with Crippen molar-refractivity contribution >= 4 is 17.2 Å². The third-order valence-corrected chi connectivity index (χ3v) is 3.69. The lowest BCUT2D eigenvalue weighted by atomic mass is 10.1. The van der Waals surface area contributed by atoms with Gasteiger partial charge in [-0.2, -0.15) is 0 Å². The van der Waals surface area contributed by atoms with E-state index in [4.69, 9.17) is 10.9 Å². The van der Waals surface area contributed by atoms with Crippen molar-refractivity contribution in [3.8, 4) is 0 Å². The lowest BCUT2D eigenvalue weighted by molar-refractivity contribution is 0.176. The number of thiophene rings is 1. The zero-order chi connectivity index (χ0) is 12.8. The maximum absolute atomic E-state index is 8.83. The fraction of sp³-hybridized carbons (Fsp3) is 0.583. The average Bonchev–Trinajstić information content (AvgIpc) is 2.80. The van der Waals surface area contributed by atoms with Gasteiger partial charge in [0.15, 0.2) is 5.84 Å². The van der Waals surface area contributed by atoms with E-state index in [9.17, 15) is 0 Å². The van der Waals surface area contributed by atoms with Crippen molar-refractivity contribution < 1.29 is 5.21 Å². The minimum Gasteiger partial charge on any atom is -0.409 e. The second-order valence-electron chi connectivity index (χ2n) is 4.29. The fourth-order valence-corrected chi connectivity index (χ4v) is 2.63. The summed E-state index contributed by atoms with van der Waals surface area (Å²) in [5, 5.41) is 14.0. The summed E-state index contributed by atoms with van der Waals surface area (Å²) in [7, 11) is 0. The maximum Gasteiger partial charge on any atom is 0.156 e. The van der Waals surface area contributed by atoms with Crippen LogP contribution in [0, 0.1) is 0 Å². The molecule has 0 saturated carbocycles. The molecule has 4 nitrogen and oxygen atoms in total. The van der Waals surface area contributed by atoms with Gasteiger partial charge in [0.25, 0.3) is 0 Å². The van der Waals surface area contributed by atoms with E-state index in [1.807, 2.05) is 13.0 Å². The molecule has 3 N–H and O–H groups in total. The topological polar surface area (TPSA) is 61.9 Å². The monoisotopic (exact) mass is 255 g/mol. The molecular formula is C12H21N3OS. The third-order valence-electron chi connectivity index (χ3n) is 2.83. The second-order valence-corrected chi connectivity index (χ2v) is 5.33. The van der Waals surface area contributed by atoms with Crippen molar-refractivity contribution in [3.05, 3.63) is 22.4 Å². The van der Waals surface area contributed by atoms with Gasteiger partial charge in [-0.1, -0.05) is 18.1 Å². The predicted molar refractivity (Wildman–Crippen MR) is 72.5 cm³/mol. The summed E-state index contributed by atoms with van der Waals surface area (Å²) in [6.45, 7) is 7.14. The van der Waals surface area contributed by atoms with Crippen LogP contribution in [0.1, 0.15) is 32.1 Å². The van der Waals surface area contributed by atoms with Crippen LogP contribution in [0.4, 0.5) is 0 Å². The Morgan fingerprint density at radius 1 is 1.59 bits per heavy atom. The third kappa shape index (κ3) is 3.71. The molecule has 0 saturated heterocycles. The number of rotatable bonds is 6. The van der Waals surface area contributed by atoms with E-state index in [0.29, 0.717) is 6.04 Å². The van der Waals surface area contributed by atoms with Crippen LogP contribution in [0.15, 0.2) is 22.7 Å². The zero-order valence-corrected chi connectivity index (χ0v) is 11.4. The SMILES string of the molecule is CCC(C(N)=NO)N(Cc1cccs1)C(C)C. The molecule has 17 heavy (non-hydrogen) atoms. The van der Waals surface area contributed by atoms with E-state index in [0.717, 1.165) is 13.0 Å². The Labute approximate surface area is 107 Å². The highest BCUT2D eigenvalue weighted by Gasteiger charge is 2.23. The number of hydrogen-bond donors (Lipinski definition) is 2. The van der Waals surface area contributed by atoms with Crippen LogP contribution in [0.5, 0.6) is 0 Å². The van der Waals surface area contributed by atoms with Crippen molar-refractivity contribution in [2.75, 3.05) is 0 Å². The summed E-state index contributed by atoms with van der Waals surface area (Å²) in [5.41, 5.74) is 5.76. The molecule has 0 aliphatic heterocycles. The van der Waals surface area contributed by atoms with Crippen LogP contribution < -0.4 is 5.73 Å². The maximum atomic E-state index is 8.83. The molecule has 96 valence electrons. The first kappa shape index (κ1) is 14.0. The molecule has 0 aromatic carbocycles. The van der Waals surface area contributed by atoms with Gasteiger partial charge >= 0.3 is 0 Å². The molecule has 1 aromatic heterocycles. The smallest absolute Gasteiger partial charge is 0.156 e. The first-order chi connectivity index (χ1) is 8.10. The van der Waals surface area contributed by atoms with Crippen molar-refractivity contribution in [3.63, 3.8) is 0 Å². The average molecular weight is 255 g/mol. The molecule has 0 amide bonds. The quantitative estimate of drug-likeness (QED) is 0.355. The Morgan fingerprint density at radius 3 is 2.71 bits per heavy atom. The predicted octanol–water partition coefficient (Wildman–Crippen LogP) is 2.48. The first-order valence-corrected chi connectivity index (χ1v) is 6.73. The zero-order valence-electron chi connectivity index (χ0n) is 10.6. The van der Waals surface area contributed by atoms with Gasteiger partial charge in [-0.05, 0) is 31.7 Å². The molecule has 0 bridgehead atoms. The molecule has 0 aliphatic carbocycles. The minimum atomic E-state index is -0.0119. The van der Waals surface area contributed by atoms with Crippen molar-refractivity contribution in [2.45, 2.75) is 45.8 Å². The highest BCUT2D eigenvalue weighted by atomic mass is 32.1. The van der Waals surface area contributed by atoms with Gasteiger partial charge in [-0.15, -0.1) is 11.3 Å². The van der Waals surface area contributed by atoms with Crippen LogP contribution in [0.2, 0.25) is 0 Å². The number of hydrogen-bond acceptors (Lipinski definition) is 4. The number of nitrogens with two attached hydrogens (primary N) is 1. The number of nitrogens with zero attached hydrogens (tertiary/aromatic N) is 2. The van der Waals surface area contributed by atoms with Gasteiger partial charge in [0, 0.05) is 17.5 Å². The van der Waals surface area contributed by atoms with Gasteiger partial charge in [-0.25, -0.2) is 0 Å². The number of oxime groups is 1. The van der Waals surface area contributed by atoms with E-state index in [1.165, 1.54) is 4.88 Å². The molecule has 1 atom stereocenters. The molecule has 0 radical (unpaired) electrons. The summed E-state index contributed by atoms with van der Waals surface area (Å²) in [5.74, 6) is 0.290. The van der Waals surface area contributed by atoms with E-state index in [-0.39, 0.29) is 11.9 Å². The highest BCUT2D eigenvalue weighted by molar-refractivity contribution is 7.09. The molecule has 0 fully saturated rings. The standard InChI is InChI=1S/C12H21N3OS/c1-4-11(12(13)14-16)15(9(2)3)8-10-6-5-7-17-10/h5-7,9,11,16H,4,8H2,1-3H3,(H2,13,14). The largest absolute Gasteiger partial charge is 0.409 e. The molecular weight excluding hydrogens is 234 g/mol. The van der Waals surface area contributed by atoms with Crippen LogP contribution in [-0.4, -0.2) is 28.0 Å². The van der Waals surface area contributed by atoms with Crippen molar-refractivity contribution in [2.24, 2.45) is 10.9 Å². The Balaban J connectivity index is 2.84. The van der Waals surface area contributed by atoms with E-state index < -0.39 is 0 Å². The Morgan fingerprint density at radius 2 is 2.29 bits per heavy atom. The van der Waals surface area contributed by atoms with Crippen LogP contribution in [0.3, 0.4) is 0 Å². The van der Waals surface area contributed by atoms with Crippen molar-refractivity contribution in [1.29, 1.82) is 0 Å². The highest BCUT2D eigenvalue weighted by Crippen LogP contribution is 2.18. The first-order valence-electron chi connectivity index (χ1n) is 5.85. The van der Waals surface area contributed by atoms with E-state index in [1.54, 1.807) is 11.3 Å². The van der Waals surface area contributed by atoms with Crippen molar-refractivity contribution in [1.82, 2.24) is 4.90 Å².